The van der Waals surface area contributed by atoms with E-state index in [1.807, 2.05) is 37.8 Å². The standard InChI is InChI=1S/C20H28N6.HI/c1-16-15-22-11-6-17(16)7-12-24-20(21-2)25-18-8-13-26(14-9-18)19-5-3-4-10-23-19;/h3-6,10-11,15,18H,7-9,12-14H2,1-2H3,(H2,21,24,25);1H. The van der Waals surface area contributed by atoms with Gasteiger partial charge in [-0.2, -0.15) is 0 Å². The van der Waals surface area contributed by atoms with Gasteiger partial charge in [0, 0.05) is 51.3 Å². The van der Waals surface area contributed by atoms with Crippen molar-refractivity contribution < 1.29 is 0 Å². The van der Waals surface area contributed by atoms with Gasteiger partial charge in [0.15, 0.2) is 5.96 Å². The van der Waals surface area contributed by atoms with Crippen LogP contribution in [-0.2, 0) is 6.42 Å². The highest BCUT2D eigenvalue weighted by Crippen LogP contribution is 2.17. The number of aliphatic imine (C=N–C) groups is 1. The molecule has 3 rings (SSSR count). The number of halogens is 1. The highest BCUT2D eigenvalue weighted by Gasteiger charge is 2.20. The number of anilines is 1. The Balaban J connectivity index is 0.00000261. The molecule has 0 atom stereocenters. The van der Waals surface area contributed by atoms with Crippen molar-refractivity contribution in [2.24, 2.45) is 4.99 Å². The first-order valence-corrected chi connectivity index (χ1v) is 9.29. The summed E-state index contributed by atoms with van der Waals surface area (Å²) in [5.74, 6) is 1.95. The number of nitrogens with zero attached hydrogens (tertiary/aromatic N) is 4. The van der Waals surface area contributed by atoms with E-state index in [0.717, 1.165) is 50.7 Å². The molecule has 2 aromatic heterocycles. The summed E-state index contributed by atoms with van der Waals surface area (Å²) in [5.41, 5.74) is 2.56. The summed E-state index contributed by atoms with van der Waals surface area (Å²) in [6.07, 6.45) is 8.76. The number of piperidine rings is 1. The van der Waals surface area contributed by atoms with Crippen LogP contribution in [0.5, 0.6) is 0 Å². The SMILES string of the molecule is CN=C(NCCc1ccncc1C)NC1CCN(c2ccccn2)CC1.I. The second-order valence-corrected chi connectivity index (χ2v) is 6.64. The zero-order valence-electron chi connectivity index (χ0n) is 16.1. The maximum absolute atomic E-state index is 4.45. The molecule has 146 valence electrons. The molecule has 0 aliphatic carbocycles. The second-order valence-electron chi connectivity index (χ2n) is 6.64. The van der Waals surface area contributed by atoms with Crippen molar-refractivity contribution in [2.45, 2.75) is 32.2 Å². The molecule has 3 heterocycles. The summed E-state index contributed by atoms with van der Waals surface area (Å²) in [5, 5.41) is 6.99. The van der Waals surface area contributed by atoms with Crippen LogP contribution in [0.3, 0.4) is 0 Å². The van der Waals surface area contributed by atoms with E-state index in [9.17, 15) is 0 Å². The smallest absolute Gasteiger partial charge is 0.191 e. The molecule has 0 amide bonds. The van der Waals surface area contributed by atoms with Crippen molar-refractivity contribution in [3.63, 3.8) is 0 Å². The van der Waals surface area contributed by atoms with Gasteiger partial charge in [-0.3, -0.25) is 9.98 Å². The van der Waals surface area contributed by atoms with E-state index in [4.69, 9.17) is 0 Å². The lowest BCUT2D eigenvalue weighted by atomic mass is 10.1. The van der Waals surface area contributed by atoms with E-state index in [0.29, 0.717) is 6.04 Å². The molecule has 1 aliphatic rings. The first-order chi connectivity index (χ1) is 12.8. The fraction of sp³-hybridized carbons (Fsp3) is 0.450. The Morgan fingerprint density at radius 1 is 1.22 bits per heavy atom. The summed E-state index contributed by atoms with van der Waals surface area (Å²) >= 11 is 0. The number of aryl methyl sites for hydroxylation is 1. The van der Waals surface area contributed by atoms with Crippen molar-refractivity contribution >= 4 is 35.8 Å². The number of aromatic nitrogens is 2. The van der Waals surface area contributed by atoms with Gasteiger partial charge in [0.05, 0.1) is 0 Å². The molecular weight excluding hydrogens is 451 g/mol. The molecule has 1 saturated heterocycles. The van der Waals surface area contributed by atoms with Gasteiger partial charge in [0.1, 0.15) is 5.82 Å². The monoisotopic (exact) mass is 480 g/mol. The van der Waals surface area contributed by atoms with Crippen LogP contribution in [0.1, 0.15) is 24.0 Å². The lowest BCUT2D eigenvalue weighted by Crippen LogP contribution is -2.49. The average molecular weight is 480 g/mol. The third kappa shape index (κ3) is 6.34. The summed E-state index contributed by atoms with van der Waals surface area (Å²) in [6.45, 7) is 4.99. The topological polar surface area (TPSA) is 65.4 Å². The Hall–Kier alpha value is -1.90. The van der Waals surface area contributed by atoms with Crippen LogP contribution in [-0.4, -0.2) is 48.7 Å². The molecule has 2 aromatic rings. The quantitative estimate of drug-likeness (QED) is 0.392. The molecule has 0 saturated carbocycles. The largest absolute Gasteiger partial charge is 0.356 e. The van der Waals surface area contributed by atoms with Gasteiger partial charge >= 0.3 is 0 Å². The lowest BCUT2D eigenvalue weighted by Gasteiger charge is -2.33. The summed E-state index contributed by atoms with van der Waals surface area (Å²) < 4.78 is 0. The minimum atomic E-state index is 0. The normalized spacial score (nSPS) is 15.2. The van der Waals surface area contributed by atoms with Crippen molar-refractivity contribution in [2.75, 3.05) is 31.6 Å². The summed E-state index contributed by atoms with van der Waals surface area (Å²) in [6, 6.07) is 8.61. The minimum Gasteiger partial charge on any atom is -0.356 e. The van der Waals surface area contributed by atoms with Crippen LogP contribution in [0.2, 0.25) is 0 Å². The highest BCUT2D eigenvalue weighted by molar-refractivity contribution is 14.0. The predicted octanol–water partition coefficient (Wildman–Crippen LogP) is 2.78. The van der Waals surface area contributed by atoms with Gasteiger partial charge in [0.25, 0.3) is 0 Å². The van der Waals surface area contributed by atoms with Gasteiger partial charge < -0.3 is 15.5 Å². The molecule has 0 radical (unpaired) electrons. The van der Waals surface area contributed by atoms with E-state index in [2.05, 4.69) is 49.6 Å². The van der Waals surface area contributed by atoms with Crippen LogP contribution in [0.4, 0.5) is 5.82 Å². The van der Waals surface area contributed by atoms with E-state index in [1.54, 1.807) is 0 Å². The van der Waals surface area contributed by atoms with Gasteiger partial charge in [-0.1, -0.05) is 6.07 Å². The number of pyridine rings is 2. The average Bonchev–Trinajstić information content (AvgIpc) is 2.70. The van der Waals surface area contributed by atoms with Gasteiger partial charge in [-0.05, 0) is 55.5 Å². The fourth-order valence-corrected chi connectivity index (χ4v) is 3.28. The molecule has 7 heteroatoms. The Bertz CT molecular complexity index is 713. The second kappa shape index (κ2) is 11.1. The van der Waals surface area contributed by atoms with E-state index in [-0.39, 0.29) is 24.0 Å². The summed E-state index contributed by atoms with van der Waals surface area (Å²) in [4.78, 5) is 15.3. The maximum atomic E-state index is 4.45. The molecule has 0 bridgehead atoms. The molecule has 0 aromatic carbocycles. The van der Waals surface area contributed by atoms with Crippen LogP contribution in [0.15, 0.2) is 47.8 Å². The van der Waals surface area contributed by atoms with Gasteiger partial charge in [-0.25, -0.2) is 4.98 Å². The third-order valence-electron chi connectivity index (χ3n) is 4.86. The van der Waals surface area contributed by atoms with Crippen LogP contribution >= 0.6 is 24.0 Å². The minimum absolute atomic E-state index is 0. The van der Waals surface area contributed by atoms with E-state index in [1.165, 1.54) is 11.1 Å². The number of rotatable bonds is 5. The number of nitrogens with one attached hydrogen (secondary N) is 2. The maximum Gasteiger partial charge on any atom is 0.191 e. The van der Waals surface area contributed by atoms with Crippen molar-refractivity contribution in [3.05, 3.63) is 54.0 Å². The Labute approximate surface area is 178 Å². The molecule has 1 aliphatic heterocycles. The van der Waals surface area contributed by atoms with Crippen molar-refractivity contribution in [1.82, 2.24) is 20.6 Å². The van der Waals surface area contributed by atoms with Crippen LogP contribution < -0.4 is 15.5 Å². The lowest BCUT2D eigenvalue weighted by molar-refractivity contribution is 0.459. The zero-order valence-corrected chi connectivity index (χ0v) is 18.4. The molecular formula is C20H29IN6. The molecule has 0 spiro atoms. The molecule has 27 heavy (non-hydrogen) atoms. The number of guanidine groups is 1. The zero-order chi connectivity index (χ0) is 18.2. The molecule has 6 nitrogen and oxygen atoms in total. The number of hydrogen-bond donors (Lipinski definition) is 2. The van der Waals surface area contributed by atoms with Crippen molar-refractivity contribution in [3.8, 4) is 0 Å². The van der Waals surface area contributed by atoms with Crippen LogP contribution in [0.25, 0.3) is 0 Å². The molecule has 1 fully saturated rings. The van der Waals surface area contributed by atoms with Crippen LogP contribution in [0, 0.1) is 6.92 Å². The summed E-state index contributed by atoms with van der Waals surface area (Å²) in [7, 11) is 1.83. The third-order valence-corrected chi connectivity index (χ3v) is 4.86. The van der Waals surface area contributed by atoms with E-state index >= 15 is 0 Å². The first-order valence-electron chi connectivity index (χ1n) is 9.29. The van der Waals surface area contributed by atoms with E-state index < -0.39 is 0 Å². The highest BCUT2D eigenvalue weighted by atomic mass is 127. The Morgan fingerprint density at radius 2 is 2.04 bits per heavy atom. The number of hydrogen-bond acceptors (Lipinski definition) is 4. The first kappa shape index (κ1) is 21.4. The Morgan fingerprint density at radius 3 is 2.70 bits per heavy atom. The predicted molar refractivity (Wildman–Crippen MR) is 122 cm³/mol. The Kier molecular flexibility index (Phi) is 8.77. The molecule has 2 N–H and O–H groups in total. The molecule has 0 unspecified atom stereocenters. The fourth-order valence-electron chi connectivity index (χ4n) is 3.28. The van der Waals surface area contributed by atoms with Crippen molar-refractivity contribution in [1.29, 1.82) is 0 Å². The van der Waals surface area contributed by atoms with Gasteiger partial charge in [-0.15, -0.1) is 24.0 Å². The van der Waals surface area contributed by atoms with Gasteiger partial charge in [0.2, 0.25) is 0 Å².